The molecule has 2 rings (SSSR count). The molecule has 1 aromatic carbocycles. The predicted octanol–water partition coefficient (Wildman–Crippen LogP) is 3.45. The third-order valence-corrected chi connectivity index (χ3v) is 3.96. The largest absolute Gasteiger partial charge is 0.478 e. The van der Waals surface area contributed by atoms with Crippen LogP contribution in [0.5, 0.6) is 0 Å². The number of benzene rings is 1. The van der Waals surface area contributed by atoms with Gasteiger partial charge in [0, 0.05) is 0 Å². The Bertz CT molecular complexity index is 445. The lowest BCUT2D eigenvalue weighted by atomic mass is 9.83. The van der Waals surface area contributed by atoms with Crippen LogP contribution in [0.2, 0.25) is 0 Å². The van der Waals surface area contributed by atoms with Crippen LogP contribution in [0.1, 0.15) is 31.2 Å². The number of hydrogen-bond acceptors (Lipinski definition) is 2. The van der Waals surface area contributed by atoms with Crippen molar-refractivity contribution in [1.29, 1.82) is 0 Å². The number of ether oxygens (including phenoxy) is 1. The first-order valence-electron chi connectivity index (χ1n) is 7.21. The van der Waals surface area contributed by atoms with E-state index in [9.17, 15) is 4.79 Å². The molecular formula is C17H22O3. The smallest absolute Gasteiger partial charge is 0.333 e. The Kier molecular flexibility index (Phi) is 5.36. The SMILES string of the molecule is C=C(COC1CCC(Cc2ccccc2)CC1)C(=O)O. The molecule has 0 aliphatic heterocycles. The molecule has 0 spiro atoms. The van der Waals surface area contributed by atoms with Gasteiger partial charge in [-0.3, -0.25) is 0 Å². The Hall–Kier alpha value is -1.61. The molecule has 20 heavy (non-hydrogen) atoms. The molecule has 0 aromatic heterocycles. The molecule has 3 heteroatoms. The number of carboxylic acids is 1. The summed E-state index contributed by atoms with van der Waals surface area (Å²) in [4.78, 5) is 10.6. The zero-order valence-electron chi connectivity index (χ0n) is 11.8. The van der Waals surface area contributed by atoms with Crippen molar-refractivity contribution in [3.8, 4) is 0 Å². The molecular weight excluding hydrogens is 252 g/mol. The standard InChI is InChI=1S/C17H22O3/c1-13(17(18)19)12-20-16-9-7-15(8-10-16)11-14-5-3-2-4-6-14/h2-6,15-16H,1,7-12H2,(H,18,19). The van der Waals surface area contributed by atoms with Gasteiger partial charge in [0.1, 0.15) is 0 Å². The van der Waals surface area contributed by atoms with Gasteiger partial charge < -0.3 is 9.84 Å². The highest BCUT2D eigenvalue weighted by Gasteiger charge is 2.22. The highest BCUT2D eigenvalue weighted by Crippen LogP contribution is 2.29. The molecule has 1 N–H and O–H groups in total. The molecule has 0 bridgehead atoms. The minimum Gasteiger partial charge on any atom is -0.478 e. The van der Waals surface area contributed by atoms with E-state index < -0.39 is 5.97 Å². The van der Waals surface area contributed by atoms with Crippen molar-refractivity contribution < 1.29 is 14.6 Å². The normalized spacial score (nSPS) is 22.4. The van der Waals surface area contributed by atoms with Crippen molar-refractivity contribution in [3.63, 3.8) is 0 Å². The quantitative estimate of drug-likeness (QED) is 0.808. The van der Waals surface area contributed by atoms with Gasteiger partial charge in [0.15, 0.2) is 0 Å². The molecule has 0 unspecified atom stereocenters. The van der Waals surface area contributed by atoms with E-state index in [-0.39, 0.29) is 18.3 Å². The maximum Gasteiger partial charge on any atom is 0.333 e. The third kappa shape index (κ3) is 4.49. The molecule has 0 radical (unpaired) electrons. The maximum atomic E-state index is 10.6. The van der Waals surface area contributed by atoms with Crippen LogP contribution in [0.15, 0.2) is 42.5 Å². The van der Waals surface area contributed by atoms with E-state index in [1.165, 1.54) is 5.56 Å². The Morgan fingerprint density at radius 1 is 1.20 bits per heavy atom. The lowest BCUT2D eigenvalue weighted by molar-refractivity contribution is -0.133. The minimum absolute atomic E-state index is 0.136. The van der Waals surface area contributed by atoms with Gasteiger partial charge in [-0.1, -0.05) is 36.9 Å². The molecule has 0 atom stereocenters. The second-order valence-corrected chi connectivity index (χ2v) is 5.55. The van der Waals surface area contributed by atoms with Crippen molar-refractivity contribution in [2.24, 2.45) is 5.92 Å². The predicted molar refractivity (Wildman–Crippen MR) is 78.6 cm³/mol. The summed E-state index contributed by atoms with van der Waals surface area (Å²) in [7, 11) is 0. The van der Waals surface area contributed by atoms with Crippen molar-refractivity contribution in [1.82, 2.24) is 0 Å². The van der Waals surface area contributed by atoms with Gasteiger partial charge in [0.2, 0.25) is 0 Å². The van der Waals surface area contributed by atoms with Crippen molar-refractivity contribution in [3.05, 3.63) is 48.0 Å². The molecule has 1 aliphatic rings. The van der Waals surface area contributed by atoms with Crippen LogP contribution in [-0.4, -0.2) is 23.8 Å². The lowest BCUT2D eigenvalue weighted by Gasteiger charge is -2.28. The number of hydrogen-bond donors (Lipinski definition) is 1. The first-order valence-corrected chi connectivity index (χ1v) is 7.21. The van der Waals surface area contributed by atoms with Crippen molar-refractivity contribution >= 4 is 5.97 Å². The van der Waals surface area contributed by atoms with Crippen LogP contribution in [-0.2, 0) is 16.0 Å². The topological polar surface area (TPSA) is 46.5 Å². The van der Waals surface area contributed by atoms with E-state index in [0.717, 1.165) is 38.0 Å². The van der Waals surface area contributed by atoms with Crippen LogP contribution in [0.3, 0.4) is 0 Å². The summed E-state index contributed by atoms with van der Waals surface area (Å²) in [6, 6.07) is 10.6. The van der Waals surface area contributed by atoms with Gasteiger partial charge in [-0.2, -0.15) is 0 Å². The average Bonchev–Trinajstić information content (AvgIpc) is 2.47. The first-order chi connectivity index (χ1) is 9.65. The molecule has 1 aromatic rings. The number of carbonyl (C=O) groups is 1. The van der Waals surface area contributed by atoms with Gasteiger partial charge in [-0.15, -0.1) is 0 Å². The summed E-state index contributed by atoms with van der Waals surface area (Å²) in [6.45, 7) is 3.63. The van der Waals surface area contributed by atoms with Gasteiger partial charge in [-0.25, -0.2) is 4.79 Å². The zero-order valence-corrected chi connectivity index (χ0v) is 11.8. The molecule has 3 nitrogen and oxygen atoms in total. The Labute approximate surface area is 120 Å². The van der Waals surface area contributed by atoms with E-state index >= 15 is 0 Å². The summed E-state index contributed by atoms with van der Waals surface area (Å²) in [5.74, 6) is -0.248. The fraction of sp³-hybridized carbons (Fsp3) is 0.471. The molecule has 108 valence electrons. The highest BCUT2D eigenvalue weighted by molar-refractivity contribution is 5.85. The maximum absolute atomic E-state index is 10.6. The number of aliphatic carboxylic acids is 1. The molecule has 0 saturated heterocycles. The van der Waals surface area contributed by atoms with Crippen LogP contribution in [0.4, 0.5) is 0 Å². The van der Waals surface area contributed by atoms with Gasteiger partial charge in [0.05, 0.1) is 18.3 Å². The Balaban J connectivity index is 1.70. The second-order valence-electron chi connectivity index (χ2n) is 5.55. The van der Waals surface area contributed by atoms with Crippen LogP contribution < -0.4 is 0 Å². The number of rotatable bonds is 6. The summed E-state index contributed by atoms with van der Waals surface area (Å²) < 4.78 is 5.62. The monoisotopic (exact) mass is 274 g/mol. The molecule has 0 amide bonds. The van der Waals surface area contributed by atoms with Crippen LogP contribution >= 0.6 is 0 Å². The second kappa shape index (κ2) is 7.25. The summed E-state index contributed by atoms with van der Waals surface area (Å²) >= 11 is 0. The van der Waals surface area contributed by atoms with E-state index in [0.29, 0.717) is 0 Å². The van der Waals surface area contributed by atoms with E-state index in [1.807, 2.05) is 6.07 Å². The summed E-state index contributed by atoms with van der Waals surface area (Å²) in [5.41, 5.74) is 1.53. The fourth-order valence-electron chi connectivity index (χ4n) is 2.73. The van der Waals surface area contributed by atoms with Gasteiger partial charge >= 0.3 is 5.97 Å². The number of carboxylic acid groups (broad SMARTS) is 1. The Morgan fingerprint density at radius 3 is 2.45 bits per heavy atom. The van der Waals surface area contributed by atoms with Crippen LogP contribution in [0, 0.1) is 5.92 Å². The van der Waals surface area contributed by atoms with E-state index in [4.69, 9.17) is 9.84 Å². The third-order valence-electron chi connectivity index (χ3n) is 3.96. The fourth-order valence-corrected chi connectivity index (χ4v) is 2.73. The zero-order chi connectivity index (χ0) is 14.4. The summed E-state index contributed by atoms with van der Waals surface area (Å²) in [6.07, 6.45) is 5.67. The Morgan fingerprint density at radius 2 is 1.85 bits per heavy atom. The lowest BCUT2D eigenvalue weighted by Crippen LogP contribution is -2.24. The summed E-state index contributed by atoms with van der Waals surface area (Å²) in [5, 5.41) is 8.74. The van der Waals surface area contributed by atoms with Crippen molar-refractivity contribution in [2.75, 3.05) is 6.61 Å². The first kappa shape index (κ1) is 14.8. The van der Waals surface area contributed by atoms with E-state index in [1.54, 1.807) is 0 Å². The van der Waals surface area contributed by atoms with Gasteiger partial charge in [0.25, 0.3) is 0 Å². The minimum atomic E-state index is -0.970. The van der Waals surface area contributed by atoms with Gasteiger partial charge in [-0.05, 0) is 43.6 Å². The van der Waals surface area contributed by atoms with Crippen LogP contribution in [0.25, 0.3) is 0 Å². The molecule has 1 aliphatic carbocycles. The highest BCUT2D eigenvalue weighted by atomic mass is 16.5. The molecule has 1 saturated carbocycles. The molecule has 0 heterocycles. The van der Waals surface area contributed by atoms with E-state index in [2.05, 4.69) is 30.8 Å². The molecule has 1 fully saturated rings. The van der Waals surface area contributed by atoms with Crippen molar-refractivity contribution in [2.45, 2.75) is 38.2 Å². The average molecular weight is 274 g/mol.